The number of carbonyl (C=O) groups excluding carboxylic acids is 1. The molecule has 2 N–H and O–H groups in total. The Kier molecular flexibility index (Phi) is 5.14. The second-order valence-electron chi connectivity index (χ2n) is 7.35. The Balaban J connectivity index is 2.00. The molecule has 6 heteroatoms. The summed E-state index contributed by atoms with van der Waals surface area (Å²) in [6.45, 7) is 12.1. The molecule has 0 bridgehead atoms. The molecule has 1 aliphatic rings. The normalized spacial score (nSPS) is 22.9. The number of rotatable bonds is 2. The van der Waals surface area contributed by atoms with Crippen LogP contribution in [0.3, 0.4) is 0 Å². The van der Waals surface area contributed by atoms with Gasteiger partial charge in [0.1, 0.15) is 11.4 Å². The molecule has 2 rings (SSSR count). The zero-order valence-corrected chi connectivity index (χ0v) is 14.7. The lowest BCUT2D eigenvalue weighted by Gasteiger charge is -2.44. The molecule has 0 spiro atoms. The number of nitrogens with zero attached hydrogens (tertiary/aromatic N) is 3. The summed E-state index contributed by atoms with van der Waals surface area (Å²) in [7, 11) is 0. The van der Waals surface area contributed by atoms with E-state index in [1.54, 1.807) is 6.20 Å². The lowest BCUT2D eigenvalue weighted by atomic mass is 10.1. The van der Waals surface area contributed by atoms with E-state index in [2.05, 4.69) is 23.7 Å². The molecule has 2 atom stereocenters. The van der Waals surface area contributed by atoms with Gasteiger partial charge >= 0.3 is 6.09 Å². The summed E-state index contributed by atoms with van der Waals surface area (Å²) in [4.78, 5) is 20.6. The van der Waals surface area contributed by atoms with E-state index in [9.17, 15) is 4.79 Å². The average Bonchev–Trinajstić information content (AvgIpc) is 2.40. The number of hydrogen-bond donors (Lipinski definition) is 1. The topological polar surface area (TPSA) is 71.7 Å². The Hall–Kier alpha value is -1.82. The second-order valence-corrected chi connectivity index (χ2v) is 7.35. The number of aromatic nitrogens is 1. The van der Waals surface area contributed by atoms with Crippen LogP contribution in [0, 0.1) is 0 Å². The molecule has 0 aliphatic carbocycles. The first kappa shape index (κ1) is 17.5. The van der Waals surface area contributed by atoms with Crippen LogP contribution in [0.15, 0.2) is 18.3 Å². The molecular weight excluding hydrogens is 292 g/mol. The Morgan fingerprint density at radius 1 is 1.35 bits per heavy atom. The van der Waals surface area contributed by atoms with Crippen molar-refractivity contribution in [3.8, 4) is 0 Å². The van der Waals surface area contributed by atoms with Crippen molar-refractivity contribution in [1.29, 1.82) is 0 Å². The van der Waals surface area contributed by atoms with E-state index < -0.39 is 5.60 Å². The summed E-state index contributed by atoms with van der Waals surface area (Å²) in [5.41, 5.74) is 6.42. The number of pyridine rings is 1. The van der Waals surface area contributed by atoms with E-state index >= 15 is 0 Å². The van der Waals surface area contributed by atoms with E-state index in [4.69, 9.17) is 10.5 Å². The third kappa shape index (κ3) is 4.82. The van der Waals surface area contributed by atoms with Crippen LogP contribution in [0.1, 0.15) is 40.2 Å². The number of nitrogen functional groups attached to an aromatic ring is 1. The smallest absolute Gasteiger partial charge is 0.410 e. The van der Waals surface area contributed by atoms with Crippen LogP contribution in [0.5, 0.6) is 0 Å². The summed E-state index contributed by atoms with van der Waals surface area (Å²) >= 11 is 0. The SMILES string of the molecule is C[C@@H]1CN(Cc2ccnc(N)c2)[C@@H](C)CN1C(=O)OC(C)(C)C. The maximum Gasteiger partial charge on any atom is 0.410 e. The van der Waals surface area contributed by atoms with Crippen LogP contribution < -0.4 is 5.73 Å². The molecule has 23 heavy (non-hydrogen) atoms. The number of nitrogens with two attached hydrogens (primary N) is 1. The lowest BCUT2D eigenvalue weighted by Crippen LogP contribution is -2.58. The van der Waals surface area contributed by atoms with Gasteiger partial charge in [-0.15, -0.1) is 0 Å². The van der Waals surface area contributed by atoms with Crippen molar-refractivity contribution in [1.82, 2.24) is 14.8 Å². The maximum atomic E-state index is 12.3. The minimum absolute atomic E-state index is 0.111. The Morgan fingerprint density at radius 2 is 2.04 bits per heavy atom. The molecule has 1 amide bonds. The first-order valence-corrected chi connectivity index (χ1v) is 8.10. The van der Waals surface area contributed by atoms with Gasteiger partial charge in [0.2, 0.25) is 0 Å². The van der Waals surface area contributed by atoms with Crippen LogP contribution in [0.4, 0.5) is 10.6 Å². The van der Waals surface area contributed by atoms with Gasteiger partial charge in [-0.1, -0.05) is 0 Å². The van der Waals surface area contributed by atoms with E-state index in [1.807, 2.05) is 37.8 Å². The maximum absolute atomic E-state index is 12.3. The fourth-order valence-electron chi connectivity index (χ4n) is 2.82. The number of piperazine rings is 1. The van der Waals surface area contributed by atoms with Gasteiger partial charge in [0.15, 0.2) is 0 Å². The molecule has 1 saturated heterocycles. The first-order chi connectivity index (χ1) is 10.7. The van der Waals surface area contributed by atoms with Crippen molar-refractivity contribution in [2.45, 2.75) is 58.8 Å². The molecule has 128 valence electrons. The van der Waals surface area contributed by atoms with Crippen molar-refractivity contribution >= 4 is 11.9 Å². The Labute approximate surface area is 138 Å². The van der Waals surface area contributed by atoms with Gasteiger partial charge in [-0.25, -0.2) is 9.78 Å². The van der Waals surface area contributed by atoms with Crippen LogP contribution in [0.25, 0.3) is 0 Å². The number of hydrogen-bond acceptors (Lipinski definition) is 5. The predicted molar refractivity (Wildman–Crippen MR) is 90.9 cm³/mol. The molecule has 0 saturated carbocycles. The molecule has 0 unspecified atom stereocenters. The van der Waals surface area contributed by atoms with Gasteiger partial charge in [-0.05, 0) is 52.3 Å². The standard InChI is InChI=1S/C17H28N4O2/c1-12-10-21(16(22)23-17(3,4)5)13(2)9-20(12)11-14-6-7-19-15(18)8-14/h6-8,12-13H,9-11H2,1-5H3,(H2,18,19)/t12-,13+/m0/s1. The Morgan fingerprint density at radius 3 is 2.65 bits per heavy atom. The highest BCUT2D eigenvalue weighted by atomic mass is 16.6. The summed E-state index contributed by atoms with van der Waals surface area (Å²) in [6, 6.07) is 4.25. The predicted octanol–water partition coefficient (Wildman–Crippen LogP) is 2.49. The van der Waals surface area contributed by atoms with Gasteiger partial charge < -0.3 is 15.4 Å². The fourth-order valence-corrected chi connectivity index (χ4v) is 2.82. The number of carbonyl (C=O) groups is 1. The lowest BCUT2D eigenvalue weighted by molar-refractivity contribution is -0.0117. The van der Waals surface area contributed by atoms with Gasteiger partial charge in [-0.3, -0.25) is 4.90 Å². The van der Waals surface area contributed by atoms with Crippen molar-refractivity contribution in [2.75, 3.05) is 18.8 Å². The van der Waals surface area contributed by atoms with Crippen LogP contribution in [0.2, 0.25) is 0 Å². The second kappa shape index (κ2) is 6.74. The van der Waals surface area contributed by atoms with Crippen molar-refractivity contribution in [2.24, 2.45) is 0 Å². The van der Waals surface area contributed by atoms with Gasteiger partial charge in [0.05, 0.1) is 0 Å². The summed E-state index contributed by atoms with van der Waals surface area (Å²) in [5.74, 6) is 0.538. The third-order valence-corrected chi connectivity index (χ3v) is 3.97. The molecule has 6 nitrogen and oxygen atoms in total. The molecule has 0 aromatic carbocycles. The van der Waals surface area contributed by atoms with Crippen LogP contribution in [-0.2, 0) is 11.3 Å². The summed E-state index contributed by atoms with van der Waals surface area (Å²) in [6.07, 6.45) is 1.50. The number of anilines is 1. The Bertz CT molecular complexity index is 556. The van der Waals surface area contributed by atoms with Crippen LogP contribution in [-0.4, -0.2) is 51.7 Å². The number of amides is 1. The van der Waals surface area contributed by atoms with E-state index in [0.717, 1.165) is 18.7 Å². The number of ether oxygens (including phenoxy) is 1. The highest BCUT2D eigenvalue weighted by molar-refractivity contribution is 5.68. The molecule has 1 aromatic heterocycles. The van der Waals surface area contributed by atoms with E-state index in [1.165, 1.54) is 0 Å². The monoisotopic (exact) mass is 320 g/mol. The minimum atomic E-state index is -0.467. The molecule has 1 aromatic rings. The van der Waals surface area contributed by atoms with E-state index in [0.29, 0.717) is 12.4 Å². The van der Waals surface area contributed by atoms with Gasteiger partial charge in [-0.2, -0.15) is 0 Å². The highest BCUT2D eigenvalue weighted by Gasteiger charge is 2.34. The van der Waals surface area contributed by atoms with E-state index in [-0.39, 0.29) is 18.2 Å². The zero-order chi connectivity index (χ0) is 17.2. The van der Waals surface area contributed by atoms with Gasteiger partial charge in [0.25, 0.3) is 0 Å². The highest BCUT2D eigenvalue weighted by Crippen LogP contribution is 2.21. The molecule has 2 heterocycles. The zero-order valence-electron chi connectivity index (χ0n) is 14.7. The fraction of sp³-hybridized carbons (Fsp3) is 0.647. The molecule has 0 radical (unpaired) electrons. The van der Waals surface area contributed by atoms with Crippen molar-refractivity contribution in [3.63, 3.8) is 0 Å². The first-order valence-electron chi connectivity index (χ1n) is 8.10. The van der Waals surface area contributed by atoms with Gasteiger partial charge in [0, 0.05) is 37.9 Å². The molecular formula is C17H28N4O2. The van der Waals surface area contributed by atoms with Crippen molar-refractivity contribution in [3.05, 3.63) is 23.9 Å². The third-order valence-electron chi connectivity index (χ3n) is 3.97. The quantitative estimate of drug-likeness (QED) is 0.906. The minimum Gasteiger partial charge on any atom is -0.444 e. The van der Waals surface area contributed by atoms with Crippen LogP contribution >= 0.6 is 0 Å². The summed E-state index contributed by atoms with van der Waals surface area (Å²) < 4.78 is 5.51. The van der Waals surface area contributed by atoms with Crippen molar-refractivity contribution < 1.29 is 9.53 Å². The largest absolute Gasteiger partial charge is 0.444 e. The molecule has 1 aliphatic heterocycles. The summed E-state index contributed by atoms with van der Waals surface area (Å²) in [5, 5.41) is 0. The average molecular weight is 320 g/mol. The molecule has 1 fully saturated rings.